The zero-order valence-electron chi connectivity index (χ0n) is 13.2. The molecular weight excluding hydrogens is 301 g/mol. The van der Waals surface area contributed by atoms with Gasteiger partial charge in [0.15, 0.2) is 5.69 Å². The molecule has 1 saturated carbocycles. The summed E-state index contributed by atoms with van der Waals surface area (Å²) in [7, 11) is 0. The standard InChI is InChI=1S/C15H22FN5O2/c1-9-13(18-19-21(9)7-10-4-2-3-5-10)15(23)20-8-11(16)6-12(20)14(17)22/h10-12H,2-8H2,1H3,(H2,17,22)/t11-,12+/m1/s1. The maximum Gasteiger partial charge on any atom is 0.277 e. The summed E-state index contributed by atoms with van der Waals surface area (Å²) in [5.41, 5.74) is 6.12. The zero-order valence-corrected chi connectivity index (χ0v) is 13.2. The van der Waals surface area contributed by atoms with Crippen LogP contribution in [0.25, 0.3) is 0 Å². The van der Waals surface area contributed by atoms with Crippen LogP contribution in [-0.2, 0) is 11.3 Å². The molecule has 2 aliphatic rings. The Bertz CT molecular complexity index is 611. The molecule has 2 fully saturated rings. The summed E-state index contributed by atoms with van der Waals surface area (Å²) in [5, 5.41) is 8.04. The first-order valence-corrected chi connectivity index (χ1v) is 8.11. The SMILES string of the molecule is Cc1c(C(=O)N2C[C@H](F)C[C@H]2C(N)=O)nnn1CC1CCCC1. The summed E-state index contributed by atoms with van der Waals surface area (Å²) in [6.07, 6.45) is 3.53. The Morgan fingerprint density at radius 3 is 2.70 bits per heavy atom. The molecule has 2 amide bonds. The molecular formula is C15H22FN5O2. The molecule has 1 aromatic rings. The van der Waals surface area contributed by atoms with Gasteiger partial charge >= 0.3 is 0 Å². The maximum atomic E-state index is 13.6. The first-order chi connectivity index (χ1) is 11.0. The van der Waals surface area contributed by atoms with E-state index in [0.717, 1.165) is 6.54 Å². The van der Waals surface area contributed by atoms with Crippen molar-refractivity contribution in [2.75, 3.05) is 6.54 Å². The number of nitrogens with zero attached hydrogens (tertiary/aromatic N) is 4. The van der Waals surface area contributed by atoms with Crippen molar-refractivity contribution in [2.24, 2.45) is 11.7 Å². The number of amides is 2. The van der Waals surface area contributed by atoms with Crippen molar-refractivity contribution in [3.8, 4) is 0 Å². The summed E-state index contributed by atoms with van der Waals surface area (Å²) in [6, 6.07) is -0.906. The van der Waals surface area contributed by atoms with E-state index in [9.17, 15) is 14.0 Å². The highest BCUT2D eigenvalue weighted by Gasteiger charge is 2.40. The van der Waals surface area contributed by atoms with Crippen LogP contribution in [0.2, 0.25) is 0 Å². The molecule has 1 aromatic heterocycles. The van der Waals surface area contributed by atoms with E-state index >= 15 is 0 Å². The van der Waals surface area contributed by atoms with Gasteiger partial charge in [0.05, 0.1) is 12.2 Å². The van der Waals surface area contributed by atoms with E-state index in [4.69, 9.17) is 5.73 Å². The van der Waals surface area contributed by atoms with Crippen LogP contribution in [0.5, 0.6) is 0 Å². The van der Waals surface area contributed by atoms with Crippen molar-refractivity contribution in [1.82, 2.24) is 19.9 Å². The summed E-state index contributed by atoms with van der Waals surface area (Å²) in [5.74, 6) is -0.586. The highest BCUT2D eigenvalue weighted by molar-refractivity contribution is 5.97. The fourth-order valence-electron chi connectivity index (χ4n) is 3.58. The molecule has 0 radical (unpaired) electrons. The predicted molar refractivity (Wildman–Crippen MR) is 80.2 cm³/mol. The Labute approximate surface area is 134 Å². The monoisotopic (exact) mass is 323 g/mol. The van der Waals surface area contributed by atoms with E-state index in [2.05, 4.69) is 10.3 Å². The van der Waals surface area contributed by atoms with E-state index in [-0.39, 0.29) is 18.7 Å². The number of rotatable bonds is 4. The largest absolute Gasteiger partial charge is 0.368 e. The van der Waals surface area contributed by atoms with Crippen molar-refractivity contribution < 1.29 is 14.0 Å². The number of nitrogens with two attached hydrogens (primary N) is 1. The molecule has 2 heterocycles. The molecule has 23 heavy (non-hydrogen) atoms. The third-order valence-corrected chi connectivity index (χ3v) is 4.93. The molecule has 2 N–H and O–H groups in total. The lowest BCUT2D eigenvalue weighted by Gasteiger charge is -2.20. The number of aromatic nitrogens is 3. The zero-order chi connectivity index (χ0) is 16.6. The fraction of sp³-hybridized carbons (Fsp3) is 0.733. The van der Waals surface area contributed by atoms with Crippen LogP contribution >= 0.6 is 0 Å². The number of hydrogen-bond donors (Lipinski definition) is 1. The van der Waals surface area contributed by atoms with Gasteiger partial charge in [0.25, 0.3) is 5.91 Å². The van der Waals surface area contributed by atoms with Gasteiger partial charge in [-0.1, -0.05) is 18.1 Å². The Balaban J connectivity index is 1.77. The van der Waals surface area contributed by atoms with Crippen molar-refractivity contribution in [2.45, 2.75) is 57.8 Å². The first-order valence-electron chi connectivity index (χ1n) is 8.11. The summed E-state index contributed by atoms with van der Waals surface area (Å²) < 4.78 is 15.3. The highest BCUT2D eigenvalue weighted by atomic mass is 19.1. The molecule has 0 spiro atoms. The Kier molecular flexibility index (Phi) is 4.32. The van der Waals surface area contributed by atoms with Crippen molar-refractivity contribution in [3.63, 3.8) is 0 Å². The van der Waals surface area contributed by atoms with Crippen LogP contribution in [0.4, 0.5) is 4.39 Å². The second kappa shape index (κ2) is 6.25. The molecule has 7 nitrogen and oxygen atoms in total. The van der Waals surface area contributed by atoms with Gasteiger partial charge in [-0.2, -0.15) is 0 Å². The third kappa shape index (κ3) is 3.07. The Hall–Kier alpha value is -1.99. The van der Waals surface area contributed by atoms with Gasteiger partial charge < -0.3 is 10.6 Å². The molecule has 1 aliphatic heterocycles. The van der Waals surface area contributed by atoms with Crippen LogP contribution < -0.4 is 5.73 Å². The van der Waals surface area contributed by atoms with E-state index in [0.29, 0.717) is 11.6 Å². The third-order valence-electron chi connectivity index (χ3n) is 4.93. The lowest BCUT2D eigenvalue weighted by molar-refractivity contribution is -0.121. The van der Waals surface area contributed by atoms with Crippen LogP contribution in [0.3, 0.4) is 0 Å². The molecule has 3 rings (SSSR count). The van der Waals surface area contributed by atoms with E-state index in [1.54, 1.807) is 11.6 Å². The van der Waals surface area contributed by atoms with Crippen LogP contribution in [0, 0.1) is 12.8 Å². The minimum atomic E-state index is -1.23. The summed E-state index contributed by atoms with van der Waals surface area (Å²) in [6.45, 7) is 2.41. The number of halogens is 1. The average molecular weight is 323 g/mol. The minimum absolute atomic E-state index is 0.0453. The van der Waals surface area contributed by atoms with E-state index < -0.39 is 24.0 Å². The lowest BCUT2D eigenvalue weighted by atomic mass is 10.1. The molecule has 0 aromatic carbocycles. The second-order valence-corrected chi connectivity index (χ2v) is 6.56. The number of primary amides is 1. The minimum Gasteiger partial charge on any atom is -0.368 e. The van der Waals surface area contributed by atoms with Crippen molar-refractivity contribution in [1.29, 1.82) is 0 Å². The molecule has 0 unspecified atom stereocenters. The summed E-state index contributed by atoms with van der Waals surface area (Å²) in [4.78, 5) is 25.2. The summed E-state index contributed by atoms with van der Waals surface area (Å²) >= 11 is 0. The average Bonchev–Trinajstić information content (AvgIpc) is 3.21. The Morgan fingerprint density at radius 1 is 1.35 bits per heavy atom. The van der Waals surface area contributed by atoms with Crippen molar-refractivity contribution in [3.05, 3.63) is 11.4 Å². The molecule has 0 bridgehead atoms. The van der Waals surface area contributed by atoms with Gasteiger partial charge in [-0.3, -0.25) is 9.59 Å². The van der Waals surface area contributed by atoms with E-state index in [1.807, 2.05) is 0 Å². The number of likely N-dealkylation sites (tertiary alicyclic amines) is 1. The molecule has 1 aliphatic carbocycles. The highest BCUT2D eigenvalue weighted by Crippen LogP contribution is 2.27. The van der Waals surface area contributed by atoms with Gasteiger partial charge in [-0.05, 0) is 25.7 Å². The number of carbonyl (C=O) groups is 2. The van der Waals surface area contributed by atoms with Crippen LogP contribution in [0.15, 0.2) is 0 Å². The molecule has 8 heteroatoms. The van der Waals surface area contributed by atoms with Gasteiger partial charge in [0.2, 0.25) is 5.91 Å². The smallest absolute Gasteiger partial charge is 0.277 e. The molecule has 2 atom stereocenters. The van der Waals surface area contributed by atoms with Gasteiger partial charge in [-0.25, -0.2) is 9.07 Å². The fourth-order valence-corrected chi connectivity index (χ4v) is 3.58. The van der Waals surface area contributed by atoms with E-state index in [1.165, 1.54) is 30.6 Å². The van der Waals surface area contributed by atoms with Gasteiger partial charge in [0, 0.05) is 13.0 Å². The maximum absolute atomic E-state index is 13.6. The second-order valence-electron chi connectivity index (χ2n) is 6.56. The quantitative estimate of drug-likeness (QED) is 0.887. The first kappa shape index (κ1) is 15.9. The predicted octanol–water partition coefficient (Wildman–Crippen LogP) is 0.815. The van der Waals surface area contributed by atoms with Crippen molar-refractivity contribution >= 4 is 11.8 Å². The van der Waals surface area contributed by atoms with Crippen LogP contribution in [-0.4, -0.2) is 50.5 Å². The van der Waals surface area contributed by atoms with Gasteiger partial charge in [-0.15, -0.1) is 5.10 Å². The molecule has 126 valence electrons. The van der Waals surface area contributed by atoms with Crippen LogP contribution in [0.1, 0.15) is 48.3 Å². The van der Waals surface area contributed by atoms with Gasteiger partial charge in [0.1, 0.15) is 12.2 Å². The Morgan fingerprint density at radius 2 is 2.04 bits per heavy atom. The normalized spacial score (nSPS) is 25.2. The number of hydrogen-bond acceptors (Lipinski definition) is 4. The number of alkyl halides is 1. The topological polar surface area (TPSA) is 94.1 Å². The number of carbonyl (C=O) groups excluding carboxylic acids is 2. The molecule has 1 saturated heterocycles. The lowest BCUT2D eigenvalue weighted by Crippen LogP contribution is -2.44.